The van der Waals surface area contributed by atoms with E-state index in [2.05, 4.69) is 11.0 Å². The predicted octanol–water partition coefficient (Wildman–Crippen LogP) is 1.23. The molecule has 0 spiro atoms. The number of carboxylic acids is 1. The maximum Gasteiger partial charge on any atom is 0.306 e. The minimum Gasteiger partial charge on any atom is -0.481 e. The van der Waals surface area contributed by atoms with Gasteiger partial charge in [0.2, 0.25) is 0 Å². The molecule has 4 nitrogen and oxygen atoms in total. The summed E-state index contributed by atoms with van der Waals surface area (Å²) >= 11 is 0. The van der Waals surface area contributed by atoms with Crippen LogP contribution in [0.1, 0.15) is 32.6 Å². The maximum atomic E-state index is 10.9. The molecule has 4 heteroatoms. The number of nitrogens with zero attached hydrogens (tertiary/aromatic N) is 2. The van der Waals surface area contributed by atoms with Gasteiger partial charge < -0.3 is 5.11 Å². The molecule has 82 valence electrons. The van der Waals surface area contributed by atoms with Gasteiger partial charge in [-0.2, -0.15) is 5.26 Å². The minimum absolute atomic E-state index is 0.0720. The summed E-state index contributed by atoms with van der Waals surface area (Å²) in [6.45, 7) is 1.91. The van der Waals surface area contributed by atoms with E-state index in [-0.39, 0.29) is 12.0 Å². The van der Waals surface area contributed by atoms with Crippen LogP contribution in [0.4, 0.5) is 0 Å². The smallest absolute Gasteiger partial charge is 0.306 e. The van der Waals surface area contributed by atoms with Crippen LogP contribution in [0, 0.1) is 17.2 Å². The van der Waals surface area contributed by atoms with Gasteiger partial charge in [-0.05, 0) is 32.6 Å². The molecule has 15 heavy (non-hydrogen) atoms. The Balaban J connectivity index is 2.10. The van der Waals surface area contributed by atoms with Gasteiger partial charge in [0.25, 0.3) is 0 Å². The third-order valence-corrected chi connectivity index (χ3v) is 3.77. The third kappa shape index (κ3) is 1.72. The van der Waals surface area contributed by atoms with Crippen molar-refractivity contribution in [2.45, 2.75) is 50.7 Å². The van der Waals surface area contributed by atoms with Gasteiger partial charge in [-0.1, -0.05) is 0 Å². The lowest BCUT2D eigenvalue weighted by Gasteiger charge is -2.38. The van der Waals surface area contributed by atoms with E-state index >= 15 is 0 Å². The molecule has 2 aliphatic rings. The average Bonchev–Trinajstić information content (AvgIpc) is 2.47. The van der Waals surface area contributed by atoms with Crippen molar-refractivity contribution in [2.24, 2.45) is 5.92 Å². The second kappa shape index (κ2) is 3.82. The lowest BCUT2D eigenvalue weighted by molar-refractivity contribution is -0.144. The van der Waals surface area contributed by atoms with Crippen molar-refractivity contribution in [3.05, 3.63) is 0 Å². The number of piperidine rings is 1. The second-order valence-electron chi connectivity index (χ2n) is 4.64. The first kappa shape index (κ1) is 10.4. The first-order valence-corrected chi connectivity index (χ1v) is 5.53. The van der Waals surface area contributed by atoms with Gasteiger partial charge in [0.15, 0.2) is 0 Å². The van der Waals surface area contributed by atoms with Crippen molar-refractivity contribution in [3.8, 4) is 6.07 Å². The molecular weight excluding hydrogens is 192 g/mol. The lowest BCUT2D eigenvalue weighted by atomic mass is 9.90. The molecule has 0 aromatic carbocycles. The van der Waals surface area contributed by atoms with E-state index in [0.29, 0.717) is 12.1 Å². The molecule has 0 aromatic heterocycles. The van der Waals surface area contributed by atoms with Crippen molar-refractivity contribution in [2.75, 3.05) is 0 Å². The van der Waals surface area contributed by atoms with Crippen LogP contribution in [0.25, 0.3) is 0 Å². The zero-order chi connectivity index (χ0) is 11.0. The van der Waals surface area contributed by atoms with Crippen LogP contribution in [0.15, 0.2) is 0 Å². The van der Waals surface area contributed by atoms with E-state index in [1.807, 2.05) is 6.92 Å². The Kier molecular flexibility index (Phi) is 2.66. The molecule has 3 unspecified atom stereocenters. The molecule has 2 fully saturated rings. The lowest BCUT2D eigenvalue weighted by Crippen LogP contribution is -2.48. The number of rotatable bonds is 2. The summed E-state index contributed by atoms with van der Waals surface area (Å²) in [6, 6.07) is 2.82. The number of carbonyl (C=O) groups is 1. The quantitative estimate of drug-likeness (QED) is 0.741. The van der Waals surface area contributed by atoms with Crippen LogP contribution in [0.5, 0.6) is 0 Å². The largest absolute Gasteiger partial charge is 0.481 e. The van der Waals surface area contributed by atoms with Crippen LogP contribution in [-0.2, 0) is 4.79 Å². The zero-order valence-electron chi connectivity index (χ0n) is 8.89. The molecule has 1 N–H and O–H groups in total. The van der Waals surface area contributed by atoms with Crippen molar-refractivity contribution in [1.82, 2.24) is 4.90 Å². The molecule has 0 aromatic rings. The summed E-state index contributed by atoms with van der Waals surface area (Å²) in [4.78, 5) is 13.2. The van der Waals surface area contributed by atoms with E-state index < -0.39 is 5.97 Å². The molecular formula is C11H16N2O2. The number of fused-ring (bicyclic) bond motifs is 2. The van der Waals surface area contributed by atoms with Gasteiger partial charge in [-0.25, -0.2) is 0 Å². The predicted molar refractivity (Wildman–Crippen MR) is 54.1 cm³/mol. The van der Waals surface area contributed by atoms with Crippen molar-refractivity contribution >= 4 is 5.97 Å². The second-order valence-corrected chi connectivity index (χ2v) is 4.64. The Bertz CT molecular complexity index is 296. The number of nitriles is 1. The summed E-state index contributed by atoms with van der Waals surface area (Å²) in [5, 5.41) is 17.9. The Morgan fingerprint density at radius 1 is 1.47 bits per heavy atom. The highest BCUT2D eigenvalue weighted by Crippen LogP contribution is 2.39. The van der Waals surface area contributed by atoms with Gasteiger partial charge in [-0.15, -0.1) is 0 Å². The van der Waals surface area contributed by atoms with E-state index in [0.717, 1.165) is 25.7 Å². The Labute approximate surface area is 89.5 Å². The van der Waals surface area contributed by atoms with Gasteiger partial charge in [0, 0.05) is 12.1 Å². The highest BCUT2D eigenvalue weighted by molar-refractivity contribution is 5.70. The standard InChI is InChI=1S/C11H16N2O2/c1-7(6-12)13-9-2-3-10(13)5-8(4-9)11(14)15/h7-10H,2-5H2,1H3,(H,14,15). The fourth-order valence-corrected chi connectivity index (χ4v) is 3.11. The van der Waals surface area contributed by atoms with Crippen LogP contribution < -0.4 is 0 Å². The Morgan fingerprint density at radius 3 is 2.40 bits per heavy atom. The number of aliphatic carboxylic acids is 1. The van der Waals surface area contributed by atoms with E-state index in [4.69, 9.17) is 10.4 Å². The van der Waals surface area contributed by atoms with Crippen LogP contribution >= 0.6 is 0 Å². The van der Waals surface area contributed by atoms with Gasteiger partial charge in [0.1, 0.15) is 0 Å². The SMILES string of the molecule is CC(C#N)N1C2CCC1CC(C(=O)O)C2. The Hall–Kier alpha value is -1.08. The van der Waals surface area contributed by atoms with Crippen LogP contribution in [0.2, 0.25) is 0 Å². The molecule has 0 saturated carbocycles. The van der Waals surface area contributed by atoms with Gasteiger partial charge >= 0.3 is 5.97 Å². The normalized spacial score (nSPS) is 37.2. The van der Waals surface area contributed by atoms with Crippen LogP contribution in [0.3, 0.4) is 0 Å². The molecule has 2 aliphatic heterocycles. The molecule has 3 atom stereocenters. The number of carboxylic acid groups (broad SMARTS) is 1. The van der Waals surface area contributed by atoms with Crippen molar-refractivity contribution in [1.29, 1.82) is 5.26 Å². The topological polar surface area (TPSA) is 64.3 Å². The monoisotopic (exact) mass is 208 g/mol. The minimum atomic E-state index is -0.670. The van der Waals surface area contributed by atoms with E-state index in [1.54, 1.807) is 0 Å². The van der Waals surface area contributed by atoms with Crippen molar-refractivity contribution < 1.29 is 9.90 Å². The fourth-order valence-electron chi connectivity index (χ4n) is 3.11. The highest BCUT2D eigenvalue weighted by atomic mass is 16.4. The molecule has 0 amide bonds. The summed E-state index contributed by atoms with van der Waals surface area (Å²) in [7, 11) is 0. The number of hydrogen-bond donors (Lipinski definition) is 1. The van der Waals surface area contributed by atoms with Gasteiger partial charge in [-0.3, -0.25) is 9.69 Å². The van der Waals surface area contributed by atoms with Crippen LogP contribution in [-0.4, -0.2) is 34.1 Å². The molecule has 2 heterocycles. The fraction of sp³-hybridized carbons (Fsp3) is 0.818. The van der Waals surface area contributed by atoms with E-state index in [9.17, 15) is 4.79 Å². The summed E-state index contributed by atoms with van der Waals surface area (Å²) in [5.74, 6) is -0.860. The molecule has 2 saturated heterocycles. The Morgan fingerprint density at radius 2 is 2.00 bits per heavy atom. The third-order valence-electron chi connectivity index (χ3n) is 3.77. The van der Waals surface area contributed by atoms with Gasteiger partial charge in [0.05, 0.1) is 18.0 Å². The highest BCUT2D eigenvalue weighted by Gasteiger charge is 2.44. The summed E-state index contributed by atoms with van der Waals surface area (Å²) in [6.07, 6.45) is 3.55. The summed E-state index contributed by atoms with van der Waals surface area (Å²) in [5.41, 5.74) is 0. The zero-order valence-corrected chi connectivity index (χ0v) is 8.89. The molecule has 0 radical (unpaired) electrons. The van der Waals surface area contributed by atoms with Crippen molar-refractivity contribution in [3.63, 3.8) is 0 Å². The van der Waals surface area contributed by atoms with E-state index in [1.165, 1.54) is 0 Å². The molecule has 0 aliphatic carbocycles. The molecule has 2 rings (SSSR count). The first-order valence-electron chi connectivity index (χ1n) is 5.53. The maximum absolute atomic E-state index is 10.9. The molecule has 2 bridgehead atoms. The number of hydrogen-bond acceptors (Lipinski definition) is 3. The average molecular weight is 208 g/mol. The first-order chi connectivity index (χ1) is 7.13. The summed E-state index contributed by atoms with van der Waals surface area (Å²) < 4.78 is 0.